The molecule has 10 unspecified atom stereocenters. The third-order valence-electron chi connectivity index (χ3n) is 12.7. The van der Waals surface area contributed by atoms with E-state index in [1.54, 1.807) is 0 Å². The number of nitrogens with two attached hydrogens (primary N) is 3. The van der Waals surface area contributed by atoms with Gasteiger partial charge < -0.3 is 36.5 Å². The van der Waals surface area contributed by atoms with Crippen molar-refractivity contribution in [2.45, 2.75) is 129 Å². The SMILES string of the molecule is CC(C)C(OC(N)=O)C1CCCC2(C)CCC34CC35CCC(OC(N)=O)C(C)(C)C5CCC4C2(N)C(O)CO1. The van der Waals surface area contributed by atoms with Crippen molar-refractivity contribution in [1.29, 1.82) is 0 Å². The highest BCUT2D eigenvalue weighted by Gasteiger charge is 2.82. The molecule has 2 spiro atoms. The Kier molecular flexibility index (Phi) is 7.03. The molecule has 0 aromatic heterocycles. The molecule has 0 aromatic carbocycles. The van der Waals surface area contributed by atoms with Crippen molar-refractivity contribution in [3.8, 4) is 0 Å². The molecule has 0 radical (unpaired) electrons. The fraction of sp³-hybridized carbons (Fsp3) is 0.933. The fourth-order valence-electron chi connectivity index (χ4n) is 10.8. The zero-order valence-electron chi connectivity index (χ0n) is 24.5. The van der Waals surface area contributed by atoms with Crippen LogP contribution in [0, 0.1) is 39.4 Å². The lowest BCUT2D eigenvalue weighted by atomic mass is 9.43. The van der Waals surface area contributed by atoms with Crippen LogP contribution in [0.5, 0.6) is 0 Å². The number of aliphatic hydroxyl groups excluding tert-OH is 1. The van der Waals surface area contributed by atoms with E-state index in [1.807, 2.05) is 13.8 Å². The summed E-state index contributed by atoms with van der Waals surface area (Å²) in [6.07, 6.45) is 6.23. The van der Waals surface area contributed by atoms with Crippen LogP contribution in [0.1, 0.15) is 98.8 Å². The Hall–Kier alpha value is -1.58. The van der Waals surface area contributed by atoms with Gasteiger partial charge in [0.2, 0.25) is 0 Å². The number of carbonyl (C=O) groups is 2. The molecule has 0 aromatic rings. The van der Waals surface area contributed by atoms with Crippen LogP contribution in [0.15, 0.2) is 0 Å². The molecule has 7 N–H and O–H groups in total. The average molecular weight is 550 g/mol. The largest absolute Gasteiger partial charge is 0.446 e. The minimum atomic E-state index is -0.830. The van der Waals surface area contributed by atoms with Crippen molar-refractivity contribution in [2.24, 2.45) is 56.6 Å². The van der Waals surface area contributed by atoms with E-state index >= 15 is 0 Å². The van der Waals surface area contributed by atoms with E-state index in [0.717, 1.165) is 64.2 Å². The van der Waals surface area contributed by atoms with Crippen LogP contribution < -0.4 is 17.2 Å². The maximum Gasteiger partial charge on any atom is 0.404 e. The number of rotatable bonds is 4. The van der Waals surface area contributed by atoms with Crippen LogP contribution in [-0.4, -0.2) is 53.9 Å². The number of hydrogen-bond donors (Lipinski definition) is 4. The minimum absolute atomic E-state index is 0.0343. The van der Waals surface area contributed by atoms with Crippen LogP contribution in [0.25, 0.3) is 0 Å². The van der Waals surface area contributed by atoms with E-state index in [1.165, 1.54) is 0 Å². The molecule has 5 rings (SSSR count). The topological polar surface area (TPSA) is 160 Å². The first-order valence-corrected chi connectivity index (χ1v) is 15.2. The van der Waals surface area contributed by atoms with Crippen LogP contribution in [0.3, 0.4) is 0 Å². The molecule has 10 atom stereocenters. The van der Waals surface area contributed by atoms with E-state index in [-0.39, 0.29) is 52.3 Å². The van der Waals surface area contributed by atoms with Crippen LogP contribution >= 0.6 is 0 Å². The maximum atomic E-state index is 11.9. The molecule has 1 saturated heterocycles. The third kappa shape index (κ3) is 4.11. The number of hydrogen-bond acceptors (Lipinski definition) is 7. The highest BCUT2D eigenvalue weighted by molar-refractivity contribution is 5.65. The van der Waals surface area contributed by atoms with Gasteiger partial charge in [0.1, 0.15) is 12.2 Å². The molecule has 4 aliphatic carbocycles. The monoisotopic (exact) mass is 549 g/mol. The predicted molar refractivity (Wildman–Crippen MR) is 146 cm³/mol. The zero-order chi connectivity index (χ0) is 28.6. The van der Waals surface area contributed by atoms with Crippen molar-refractivity contribution in [3.63, 3.8) is 0 Å². The molecule has 39 heavy (non-hydrogen) atoms. The Morgan fingerprint density at radius 1 is 0.923 bits per heavy atom. The molecule has 1 aliphatic heterocycles. The summed E-state index contributed by atoms with van der Waals surface area (Å²) >= 11 is 0. The van der Waals surface area contributed by atoms with Crippen molar-refractivity contribution < 1.29 is 28.9 Å². The number of aliphatic hydroxyl groups is 1. The second-order valence-electron chi connectivity index (χ2n) is 14.9. The van der Waals surface area contributed by atoms with E-state index in [4.69, 9.17) is 31.4 Å². The van der Waals surface area contributed by atoms with E-state index in [0.29, 0.717) is 5.92 Å². The molecule has 1 heterocycles. The molecule has 222 valence electrons. The van der Waals surface area contributed by atoms with Gasteiger partial charge in [-0.05, 0) is 91.8 Å². The van der Waals surface area contributed by atoms with Crippen molar-refractivity contribution >= 4 is 12.2 Å². The van der Waals surface area contributed by atoms with Gasteiger partial charge in [0.25, 0.3) is 0 Å². The highest BCUT2D eigenvalue weighted by Crippen LogP contribution is 2.86. The Balaban J connectivity index is 1.43. The summed E-state index contributed by atoms with van der Waals surface area (Å²) < 4.78 is 17.4. The van der Waals surface area contributed by atoms with Gasteiger partial charge in [-0.1, -0.05) is 41.0 Å². The van der Waals surface area contributed by atoms with Crippen LogP contribution in [-0.2, 0) is 14.2 Å². The molecule has 0 bridgehead atoms. The summed E-state index contributed by atoms with van der Waals surface area (Å²) in [5, 5.41) is 11.9. The predicted octanol–water partition coefficient (Wildman–Crippen LogP) is 4.22. The van der Waals surface area contributed by atoms with Gasteiger partial charge >= 0.3 is 12.2 Å². The normalized spacial score (nSPS) is 47.5. The van der Waals surface area contributed by atoms with E-state index in [2.05, 4.69) is 20.8 Å². The number of amides is 2. The molecule has 4 saturated carbocycles. The quantitative estimate of drug-likeness (QED) is 0.408. The molecule has 2 amide bonds. The number of carbonyl (C=O) groups excluding carboxylic acids is 2. The molecular formula is C30H51N3O6. The van der Waals surface area contributed by atoms with Gasteiger partial charge in [-0.25, -0.2) is 9.59 Å². The average Bonchev–Trinajstić information content (AvgIpc) is 3.50. The first-order valence-electron chi connectivity index (χ1n) is 15.2. The Morgan fingerprint density at radius 2 is 1.59 bits per heavy atom. The van der Waals surface area contributed by atoms with E-state index < -0.39 is 29.9 Å². The summed E-state index contributed by atoms with van der Waals surface area (Å²) in [7, 11) is 0. The van der Waals surface area contributed by atoms with Gasteiger partial charge in [0.05, 0.1) is 24.4 Å². The van der Waals surface area contributed by atoms with Crippen LogP contribution in [0.2, 0.25) is 0 Å². The lowest BCUT2D eigenvalue weighted by molar-refractivity contribution is -0.174. The Labute approximate surface area is 233 Å². The lowest BCUT2D eigenvalue weighted by Crippen LogP contribution is -2.72. The van der Waals surface area contributed by atoms with Crippen molar-refractivity contribution in [2.75, 3.05) is 6.61 Å². The maximum absolute atomic E-state index is 11.9. The lowest BCUT2D eigenvalue weighted by Gasteiger charge is -2.64. The molecule has 9 heteroatoms. The second-order valence-corrected chi connectivity index (χ2v) is 14.9. The van der Waals surface area contributed by atoms with Gasteiger partial charge in [-0.15, -0.1) is 0 Å². The summed E-state index contributed by atoms with van der Waals surface area (Å²) in [6, 6.07) is 0. The fourth-order valence-corrected chi connectivity index (χ4v) is 10.8. The van der Waals surface area contributed by atoms with Crippen molar-refractivity contribution in [3.05, 3.63) is 0 Å². The van der Waals surface area contributed by atoms with Crippen molar-refractivity contribution in [1.82, 2.24) is 0 Å². The molecule has 5 fully saturated rings. The summed E-state index contributed by atoms with van der Waals surface area (Å²) in [5.74, 6) is 0.661. The highest BCUT2D eigenvalue weighted by atomic mass is 16.6. The molecule has 5 aliphatic rings. The first-order chi connectivity index (χ1) is 18.1. The van der Waals surface area contributed by atoms with Gasteiger partial charge in [0.15, 0.2) is 0 Å². The summed E-state index contributed by atoms with van der Waals surface area (Å²) in [4.78, 5) is 23.3. The molecular weight excluding hydrogens is 498 g/mol. The summed E-state index contributed by atoms with van der Waals surface area (Å²) in [5.41, 5.74) is 17.5. The van der Waals surface area contributed by atoms with Gasteiger partial charge in [0, 0.05) is 5.41 Å². The van der Waals surface area contributed by atoms with Gasteiger partial charge in [-0.2, -0.15) is 0 Å². The number of ether oxygens (including phenoxy) is 3. The number of fused-ring (bicyclic) bond motifs is 2. The zero-order valence-corrected chi connectivity index (χ0v) is 24.5. The molecule has 9 nitrogen and oxygen atoms in total. The Morgan fingerprint density at radius 3 is 2.23 bits per heavy atom. The minimum Gasteiger partial charge on any atom is -0.446 e. The number of primary amides is 2. The smallest absolute Gasteiger partial charge is 0.404 e. The van der Waals surface area contributed by atoms with E-state index in [9.17, 15) is 14.7 Å². The van der Waals surface area contributed by atoms with Crippen LogP contribution in [0.4, 0.5) is 9.59 Å². The Bertz CT molecular complexity index is 990. The second kappa shape index (κ2) is 9.48. The third-order valence-corrected chi connectivity index (χ3v) is 12.7. The standard InChI is InChI=1S/C30H51N3O6/c1-17(2)23(39-25(32)36)18-7-6-11-27(5)13-14-29-16-28(29)12-10-22(38-24(31)35)26(3,4)19(28)8-9-20(29)30(27,33)21(34)15-37-18/h17-23,34H,6-16,33H2,1-5H3,(H2,31,35)(H2,32,36). The van der Waals surface area contributed by atoms with Gasteiger partial charge in [-0.3, -0.25) is 0 Å². The summed E-state index contributed by atoms with van der Waals surface area (Å²) in [6.45, 7) is 10.9. The first kappa shape index (κ1) is 28.9.